The highest BCUT2D eigenvalue weighted by molar-refractivity contribution is 5.76. The molecule has 0 spiro atoms. The Morgan fingerprint density at radius 3 is 2.24 bits per heavy atom. The summed E-state index contributed by atoms with van der Waals surface area (Å²) < 4.78 is 79.6. The average Bonchev–Trinajstić information content (AvgIpc) is 2.77. The summed E-state index contributed by atoms with van der Waals surface area (Å²) in [5.74, 6) is -5.79. The molecule has 0 saturated heterocycles. The van der Waals surface area contributed by atoms with Crippen LogP contribution in [0.4, 0.5) is 22.0 Å². The SMILES string of the molecule is CCCc1ccc(CCc2ccc3c(c2F)C(F)(F)Cc2c-3ccc(OCC)c2F)cc1F. The quantitative estimate of drug-likeness (QED) is 0.331. The van der Waals surface area contributed by atoms with Gasteiger partial charge in [-0.15, -0.1) is 0 Å². The average molecular weight is 460 g/mol. The van der Waals surface area contributed by atoms with E-state index in [2.05, 4.69) is 0 Å². The Kier molecular flexibility index (Phi) is 6.46. The van der Waals surface area contributed by atoms with Gasteiger partial charge in [0.05, 0.1) is 12.2 Å². The van der Waals surface area contributed by atoms with Crippen LogP contribution in [0.5, 0.6) is 5.75 Å². The lowest BCUT2D eigenvalue weighted by Crippen LogP contribution is -2.26. The molecule has 0 fully saturated rings. The number of benzene rings is 3. The molecule has 0 saturated carbocycles. The normalized spacial score (nSPS) is 14.0. The van der Waals surface area contributed by atoms with Crippen LogP contribution in [-0.2, 0) is 31.6 Å². The number of fused-ring (bicyclic) bond motifs is 3. The number of alkyl halides is 2. The number of aryl methyl sites for hydroxylation is 3. The van der Waals surface area contributed by atoms with Gasteiger partial charge in [0, 0.05) is 12.0 Å². The number of hydrogen-bond donors (Lipinski definition) is 0. The molecule has 0 heterocycles. The van der Waals surface area contributed by atoms with Gasteiger partial charge < -0.3 is 4.74 Å². The van der Waals surface area contributed by atoms with E-state index in [0.717, 1.165) is 6.42 Å². The summed E-state index contributed by atoms with van der Waals surface area (Å²) >= 11 is 0. The van der Waals surface area contributed by atoms with Gasteiger partial charge in [-0.1, -0.05) is 43.7 Å². The van der Waals surface area contributed by atoms with E-state index in [1.165, 1.54) is 30.3 Å². The largest absolute Gasteiger partial charge is 0.491 e. The molecule has 0 amide bonds. The zero-order valence-corrected chi connectivity index (χ0v) is 18.6. The Bertz CT molecular complexity index is 1190. The summed E-state index contributed by atoms with van der Waals surface area (Å²) in [7, 11) is 0. The van der Waals surface area contributed by atoms with Gasteiger partial charge >= 0.3 is 0 Å². The molecule has 6 heteroatoms. The van der Waals surface area contributed by atoms with Crippen molar-refractivity contribution in [3.8, 4) is 16.9 Å². The van der Waals surface area contributed by atoms with Crippen LogP contribution in [-0.4, -0.2) is 6.61 Å². The molecule has 3 aromatic carbocycles. The molecule has 174 valence electrons. The van der Waals surface area contributed by atoms with E-state index in [0.29, 0.717) is 24.0 Å². The van der Waals surface area contributed by atoms with E-state index in [4.69, 9.17) is 4.74 Å². The lowest BCUT2D eigenvalue weighted by atomic mass is 9.81. The fraction of sp³-hybridized carbons (Fsp3) is 0.333. The Hall–Kier alpha value is -2.89. The summed E-state index contributed by atoms with van der Waals surface area (Å²) in [4.78, 5) is 0. The standard InChI is InChI=1S/C27H25F5O/c1-3-5-17-8-6-16(14-22(17)28)7-9-18-10-11-20-19-12-13-23(33-4-2)26(30)21(19)15-27(31,32)24(20)25(18)29/h6,8,10-14H,3-5,7,9,15H2,1-2H3. The number of rotatable bonds is 7. The highest BCUT2D eigenvalue weighted by Gasteiger charge is 2.44. The van der Waals surface area contributed by atoms with E-state index in [-0.39, 0.29) is 46.8 Å². The molecule has 0 aromatic heterocycles. The fourth-order valence-electron chi connectivity index (χ4n) is 4.49. The molecule has 0 unspecified atom stereocenters. The Balaban J connectivity index is 1.66. The highest BCUT2D eigenvalue weighted by Crippen LogP contribution is 2.48. The van der Waals surface area contributed by atoms with Gasteiger partial charge in [-0.25, -0.2) is 22.0 Å². The van der Waals surface area contributed by atoms with Crippen LogP contribution in [0.15, 0.2) is 42.5 Å². The number of ether oxygens (including phenoxy) is 1. The topological polar surface area (TPSA) is 9.23 Å². The van der Waals surface area contributed by atoms with Crippen molar-refractivity contribution in [3.05, 3.63) is 87.7 Å². The van der Waals surface area contributed by atoms with Gasteiger partial charge in [0.15, 0.2) is 11.6 Å². The van der Waals surface area contributed by atoms with Crippen molar-refractivity contribution in [3.63, 3.8) is 0 Å². The van der Waals surface area contributed by atoms with Crippen molar-refractivity contribution >= 4 is 0 Å². The van der Waals surface area contributed by atoms with Gasteiger partial charge in [0.2, 0.25) is 0 Å². The summed E-state index contributed by atoms with van der Waals surface area (Å²) in [6, 6.07) is 10.7. The van der Waals surface area contributed by atoms with Crippen LogP contribution in [0.1, 0.15) is 48.1 Å². The molecular formula is C27H25F5O. The molecule has 0 bridgehead atoms. The first-order valence-electron chi connectivity index (χ1n) is 11.2. The summed E-state index contributed by atoms with van der Waals surface area (Å²) in [5, 5.41) is 0. The van der Waals surface area contributed by atoms with Crippen molar-refractivity contribution in [1.82, 2.24) is 0 Å². The smallest absolute Gasteiger partial charge is 0.280 e. The fourth-order valence-corrected chi connectivity index (χ4v) is 4.49. The van der Waals surface area contributed by atoms with Crippen molar-refractivity contribution in [2.45, 2.75) is 51.9 Å². The van der Waals surface area contributed by atoms with Crippen molar-refractivity contribution in [2.75, 3.05) is 6.61 Å². The van der Waals surface area contributed by atoms with Crippen LogP contribution < -0.4 is 4.74 Å². The van der Waals surface area contributed by atoms with Crippen molar-refractivity contribution in [1.29, 1.82) is 0 Å². The monoisotopic (exact) mass is 460 g/mol. The van der Waals surface area contributed by atoms with Gasteiger partial charge in [-0.05, 0) is 66.1 Å². The van der Waals surface area contributed by atoms with Crippen LogP contribution >= 0.6 is 0 Å². The minimum Gasteiger partial charge on any atom is -0.491 e. The molecule has 0 atom stereocenters. The molecule has 0 radical (unpaired) electrons. The molecule has 3 aromatic rings. The van der Waals surface area contributed by atoms with E-state index in [1.807, 2.05) is 6.92 Å². The minimum absolute atomic E-state index is 0.0144. The molecule has 1 nitrogen and oxygen atoms in total. The second-order valence-electron chi connectivity index (χ2n) is 8.36. The van der Waals surface area contributed by atoms with Crippen molar-refractivity contribution in [2.24, 2.45) is 0 Å². The van der Waals surface area contributed by atoms with Crippen LogP contribution in [0.25, 0.3) is 11.1 Å². The van der Waals surface area contributed by atoms with E-state index in [1.54, 1.807) is 19.1 Å². The predicted molar refractivity (Wildman–Crippen MR) is 118 cm³/mol. The number of halogens is 5. The third-order valence-electron chi connectivity index (χ3n) is 6.10. The van der Waals surface area contributed by atoms with Crippen LogP contribution in [0.3, 0.4) is 0 Å². The van der Waals surface area contributed by atoms with Crippen LogP contribution in [0, 0.1) is 17.5 Å². The maximum absolute atomic E-state index is 15.3. The highest BCUT2D eigenvalue weighted by atomic mass is 19.3. The first kappa shape index (κ1) is 23.3. The molecule has 0 N–H and O–H groups in total. The zero-order valence-electron chi connectivity index (χ0n) is 18.6. The molecule has 1 aliphatic rings. The third-order valence-corrected chi connectivity index (χ3v) is 6.10. The summed E-state index contributed by atoms with van der Waals surface area (Å²) in [6.45, 7) is 3.84. The Morgan fingerprint density at radius 2 is 1.55 bits per heavy atom. The van der Waals surface area contributed by atoms with E-state index in [9.17, 15) is 8.78 Å². The van der Waals surface area contributed by atoms with Gasteiger partial charge in [0.1, 0.15) is 11.6 Å². The lowest BCUT2D eigenvalue weighted by Gasteiger charge is -2.29. The minimum atomic E-state index is -3.57. The first-order chi connectivity index (χ1) is 15.8. The Morgan fingerprint density at radius 1 is 0.818 bits per heavy atom. The lowest BCUT2D eigenvalue weighted by molar-refractivity contribution is -0.00936. The van der Waals surface area contributed by atoms with Gasteiger partial charge in [-0.3, -0.25) is 0 Å². The molecular weight excluding hydrogens is 435 g/mol. The van der Waals surface area contributed by atoms with Crippen LogP contribution in [0.2, 0.25) is 0 Å². The summed E-state index contributed by atoms with van der Waals surface area (Å²) in [6.07, 6.45) is 0.978. The van der Waals surface area contributed by atoms with Gasteiger partial charge in [-0.2, -0.15) is 0 Å². The maximum Gasteiger partial charge on any atom is 0.280 e. The zero-order chi connectivity index (χ0) is 23.8. The van der Waals surface area contributed by atoms with Crippen molar-refractivity contribution < 1.29 is 26.7 Å². The second-order valence-corrected chi connectivity index (χ2v) is 8.36. The maximum atomic E-state index is 15.3. The Labute approximate surface area is 190 Å². The summed E-state index contributed by atoms with van der Waals surface area (Å²) in [5.41, 5.74) is 0.775. The van der Waals surface area contributed by atoms with E-state index < -0.39 is 29.5 Å². The molecule has 33 heavy (non-hydrogen) atoms. The predicted octanol–water partition coefficient (Wildman–Crippen LogP) is 7.56. The molecule has 4 rings (SSSR count). The first-order valence-corrected chi connectivity index (χ1v) is 11.2. The molecule has 1 aliphatic carbocycles. The third kappa shape index (κ3) is 4.35. The van der Waals surface area contributed by atoms with E-state index >= 15 is 13.2 Å². The molecule has 0 aliphatic heterocycles. The second kappa shape index (κ2) is 9.16. The van der Waals surface area contributed by atoms with Gasteiger partial charge in [0.25, 0.3) is 5.92 Å². The number of hydrogen-bond acceptors (Lipinski definition) is 1.